The smallest absolute Gasteiger partial charge is 0.306 e. The molecule has 2 N–H and O–H groups in total. The lowest BCUT2D eigenvalue weighted by atomic mass is 9.70. The minimum atomic E-state index is -1.22. The number of benzene rings is 2. The summed E-state index contributed by atoms with van der Waals surface area (Å²) in [4.78, 5) is 59.0. The molecular weight excluding hydrogens is 690 g/mol. The summed E-state index contributed by atoms with van der Waals surface area (Å²) < 4.78 is 12.3. The third-order valence-electron chi connectivity index (χ3n) is 9.74. The van der Waals surface area contributed by atoms with E-state index in [0.29, 0.717) is 45.2 Å². The standard InChI is InChI=1S/C38H46BrN3O7/c1-3-5-19-30(44)48-25-29(27-17-11-7-12-18-27)40-35(45)31-32-36(46)42(21-13-8-14-22-43)34(38(32)23-28(39)33(31)49-38)37(47)41(20-4-2)24-26-15-9-6-10-16-26/h3-4,6-7,9-12,15-18,28-29,31-34,43H,1-2,5,8,13-14,19-25H2,(H,40,45)/t28?,29-,31+,32-,33+,34+,38-/m1/s1. The van der Waals surface area contributed by atoms with Crippen molar-refractivity contribution in [1.82, 2.24) is 15.1 Å². The fraction of sp³-hybridized carbons (Fsp3) is 0.474. The average molecular weight is 737 g/mol. The van der Waals surface area contributed by atoms with E-state index in [9.17, 15) is 24.3 Å². The summed E-state index contributed by atoms with van der Waals surface area (Å²) in [5, 5.41) is 12.4. The van der Waals surface area contributed by atoms with Gasteiger partial charge >= 0.3 is 5.97 Å². The number of nitrogens with one attached hydrogen (secondary N) is 1. The van der Waals surface area contributed by atoms with Crippen molar-refractivity contribution in [2.24, 2.45) is 11.8 Å². The number of ether oxygens (including phenoxy) is 2. The fourth-order valence-corrected chi connectivity index (χ4v) is 8.47. The highest BCUT2D eigenvalue weighted by Crippen LogP contribution is 2.60. The second kappa shape index (κ2) is 16.7. The Bertz CT molecular complexity index is 1490. The van der Waals surface area contributed by atoms with Gasteiger partial charge in [0.2, 0.25) is 17.7 Å². The van der Waals surface area contributed by atoms with Crippen LogP contribution < -0.4 is 5.32 Å². The van der Waals surface area contributed by atoms with Crippen LogP contribution in [-0.2, 0) is 35.2 Å². The van der Waals surface area contributed by atoms with Gasteiger partial charge in [-0.05, 0) is 43.2 Å². The summed E-state index contributed by atoms with van der Waals surface area (Å²) in [5.74, 6) is -3.10. The van der Waals surface area contributed by atoms with E-state index in [1.807, 2.05) is 60.7 Å². The Morgan fingerprint density at radius 2 is 1.80 bits per heavy atom. The number of carbonyl (C=O) groups is 4. The molecule has 49 heavy (non-hydrogen) atoms. The molecule has 2 bridgehead atoms. The maximum atomic E-state index is 14.7. The first kappa shape index (κ1) is 36.5. The number of likely N-dealkylation sites (tertiary alicyclic amines) is 1. The molecule has 3 fully saturated rings. The van der Waals surface area contributed by atoms with Crippen molar-refractivity contribution in [1.29, 1.82) is 0 Å². The molecule has 3 aliphatic heterocycles. The molecule has 3 heterocycles. The number of alkyl halides is 1. The van der Waals surface area contributed by atoms with E-state index in [-0.39, 0.29) is 42.8 Å². The summed E-state index contributed by atoms with van der Waals surface area (Å²) >= 11 is 3.75. The van der Waals surface area contributed by atoms with Crippen LogP contribution in [0.3, 0.4) is 0 Å². The number of unbranched alkanes of at least 4 members (excludes halogenated alkanes) is 2. The number of hydrogen-bond acceptors (Lipinski definition) is 7. The average Bonchev–Trinajstić information content (AvgIpc) is 3.70. The summed E-state index contributed by atoms with van der Waals surface area (Å²) in [6.07, 6.45) is 5.56. The first-order chi connectivity index (χ1) is 23.7. The van der Waals surface area contributed by atoms with Crippen molar-refractivity contribution >= 4 is 39.6 Å². The molecule has 7 atom stereocenters. The highest BCUT2D eigenvalue weighted by molar-refractivity contribution is 9.09. The molecule has 1 unspecified atom stereocenters. The van der Waals surface area contributed by atoms with E-state index < -0.39 is 47.5 Å². The van der Waals surface area contributed by atoms with Gasteiger partial charge in [0.1, 0.15) is 18.2 Å². The lowest BCUT2D eigenvalue weighted by molar-refractivity contribution is -0.148. The lowest BCUT2D eigenvalue weighted by Crippen LogP contribution is -2.57. The van der Waals surface area contributed by atoms with Gasteiger partial charge in [-0.3, -0.25) is 19.2 Å². The number of rotatable bonds is 18. The molecule has 2 aromatic rings. The third-order valence-corrected chi connectivity index (χ3v) is 10.6. The van der Waals surface area contributed by atoms with Gasteiger partial charge in [-0.25, -0.2) is 0 Å². The van der Waals surface area contributed by atoms with Crippen LogP contribution in [0.4, 0.5) is 0 Å². The van der Waals surface area contributed by atoms with E-state index in [4.69, 9.17) is 9.47 Å². The van der Waals surface area contributed by atoms with Crippen molar-refractivity contribution in [3.05, 3.63) is 97.1 Å². The molecule has 2 aromatic carbocycles. The van der Waals surface area contributed by atoms with Gasteiger partial charge in [-0.2, -0.15) is 0 Å². The van der Waals surface area contributed by atoms with Crippen LogP contribution in [0.1, 0.15) is 55.7 Å². The number of aliphatic hydroxyl groups is 1. The molecule has 262 valence electrons. The number of allylic oxidation sites excluding steroid dienone is 1. The second-order valence-electron chi connectivity index (χ2n) is 13.0. The van der Waals surface area contributed by atoms with Crippen molar-refractivity contribution in [2.75, 3.05) is 26.3 Å². The number of esters is 1. The van der Waals surface area contributed by atoms with E-state index in [0.717, 1.165) is 11.1 Å². The summed E-state index contributed by atoms with van der Waals surface area (Å²) in [6.45, 7) is 8.38. The number of amides is 3. The van der Waals surface area contributed by atoms with Crippen molar-refractivity contribution in [3.63, 3.8) is 0 Å². The number of nitrogens with zero attached hydrogens (tertiary/aromatic N) is 2. The zero-order valence-corrected chi connectivity index (χ0v) is 29.3. The zero-order valence-electron chi connectivity index (χ0n) is 27.8. The molecule has 1 spiro atoms. The first-order valence-corrected chi connectivity index (χ1v) is 18.0. The fourth-order valence-electron chi connectivity index (χ4n) is 7.53. The molecule has 0 saturated carbocycles. The van der Waals surface area contributed by atoms with Gasteiger partial charge in [0, 0.05) is 37.5 Å². The van der Waals surface area contributed by atoms with E-state index in [2.05, 4.69) is 34.4 Å². The quantitative estimate of drug-likeness (QED) is 0.100. The third kappa shape index (κ3) is 7.84. The van der Waals surface area contributed by atoms with Gasteiger partial charge in [-0.1, -0.05) is 88.7 Å². The van der Waals surface area contributed by atoms with E-state index in [1.165, 1.54) is 0 Å². The first-order valence-electron chi connectivity index (χ1n) is 17.0. The van der Waals surface area contributed by atoms with Crippen molar-refractivity contribution in [2.45, 2.75) is 73.7 Å². The Kier molecular flexibility index (Phi) is 12.5. The lowest BCUT2D eigenvalue weighted by Gasteiger charge is -2.37. The normalized spacial score (nSPS) is 25.8. The molecule has 3 saturated heterocycles. The Balaban J connectivity index is 1.45. The largest absolute Gasteiger partial charge is 0.463 e. The number of aliphatic hydroxyl groups excluding tert-OH is 1. The monoisotopic (exact) mass is 735 g/mol. The molecule has 0 aliphatic carbocycles. The number of halogens is 1. The topological polar surface area (TPSA) is 125 Å². The Labute approximate surface area is 296 Å². The maximum Gasteiger partial charge on any atom is 0.306 e. The van der Waals surface area contributed by atoms with Crippen LogP contribution in [-0.4, -0.2) is 87.5 Å². The highest BCUT2D eigenvalue weighted by atomic mass is 79.9. The predicted octanol–water partition coefficient (Wildman–Crippen LogP) is 4.48. The van der Waals surface area contributed by atoms with Gasteiger partial charge in [0.15, 0.2) is 0 Å². The van der Waals surface area contributed by atoms with E-state index >= 15 is 0 Å². The molecule has 11 heteroatoms. The van der Waals surface area contributed by atoms with Crippen LogP contribution in [0.25, 0.3) is 0 Å². The predicted molar refractivity (Wildman–Crippen MR) is 188 cm³/mol. The molecule has 10 nitrogen and oxygen atoms in total. The number of carbonyl (C=O) groups excluding carboxylic acids is 4. The maximum absolute atomic E-state index is 14.7. The van der Waals surface area contributed by atoms with Crippen LogP contribution in [0.5, 0.6) is 0 Å². The van der Waals surface area contributed by atoms with Crippen molar-refractivity contribution < 1.29 is 33.8 Å². The molecular formula is C38H46BrN3O7. The zero-order chi connectivity index (χ0) is 35.0. The SMILES string of the molecule is C=CCCC(=O)OC[C@@H](NC(=O)[C@@H]1[C@H]2O[C@@]3(CC2Br)[C@H](C(=O)N(CC=C)Cc2ccccc2)N(CCCCCO)C(=O)[C@@H]13)c1ccccc1. The molecule has 0 aromatic heterocycles. The summed E-state index contributed by atoms with van der Waals surface area (Å²) in [5.41, 5.74) is 0.468. The molecule has 3 aliphatic rings. The second-order valence-corrected chi connectivity index (χ2v) is 14.1. The van der Waals surface area contributed by atoms with E-state index in [1.54, 1.807) is 22.0 Å². The Hall–Kier alpha value is -3.80. The van der Waals surface area contributed by atoms with Crippen LogP contribution >= 0.6 is 15.9 Å². The minimum Gasteiger partial charge on any atom is -0.463 e. The number of hydrogen-bond donors (Lipinski definition) is 2. The minimum absolute atomic E-state index is 0.0392. The highest BCUT2D eigenvalue weighted by Gasteiger charge is 2.76. The number of fused-ring (bicyclic) bond motifs is 1. The van der Waals surface area contributed by atoms with Crippen LogP contribution in [0.15, 0.2) is 86.0 Å². The molecule has 3 amide bonds. The van der Waals surface area contributed by atoms with Crippen LogP contribution in [0.2, 0.25) is 0 Å². The van der Waals surface area contributed by atoms with Gasteiger partial charge in [-0.15, -0.1) is 13.2 Å². The molecule has 0 radical (unpaired) electrons. The Morgan fingerprint density at radius 1 is 1.08 bits per heavy atom. The van der Waals surface area contributed by atoms with Gasteiger partial charge in [0.25, 0.3) is 0 Å². The van der Waals surface area contributed by atoms with Gasteiger partial charge < -0.3 is 29.7 Å². The summed E-state index contributed by atoms with van der Waals surface area (Å²) in [7, 11) is 0. The van der Waals surface area contributed by atoms with Crippen molar-refractivity contribution in [3.8, 4) is 0 Å². The van der Waals surface area contributed by atoms with Gasteiger partial charge in [0.05, 0.1) is 24.0 Å². The molecule has 5 rings (SSSR count). The Morgan fingerprint density at radius 3 is 2.47 bits per heavy atom. The van der Waals surface area contributed by atoms with Crippen LogP contribution in [0, 0.1) is 11.8 Å². The summed E-state index contributed by atoms with van der Waals surface area (Å²) in [6, 6.07) is 17.3.